The number of alkyl halides is 3. The smallest absolute Gasteiger partial charge is 0.480 e. The highest BCUT2D eigenvalue weighted by molar-refractivity contribution is 7.85. The minimum absolute atomic E-state index is 0.114. The SMILES string of the molecule is CC(Cc1ccc(C(=O)Oc2ccc(C(=N)N)cc2)s1)C(=O)NC(CS(=O)(=O)O)C(=O)O.O=C(O)C(F)(F)F. The Hall–Kier alpha value is -4.03. The van der Waals surface area contributed by atoms with Gasteiger partial charge in [-0.15, -0.1) is 11.3 Å². The molecular weight excluding hydrogens is 575 g/mol. The van der Waals surface area contributed by atoms with Crippen molar-refractivity contribution >= 4 is 51.1 Å². The number of hydrogen-bond acceptors (Lipinski definition) is 9. The number of carboxylic acids is 2. The van der Waals surface area contributed by atoms with Crippen molar-refractivity contribution in [2.45, 2.75) is 25.6 Å². The van der Waals surface area contributed by atoms with Gasteiger partial charge >= 0.3 is 24.1 Å². The van der Waals surface area contributed by atoms with Crippen LogP contribution in [0.2, 0.25) is 0 Å². The first-order valence-corrected chi connectivity index (χ1v) is 12.8. The third-order valence-corrected chi connectivity index (χ3v) is 6.27. The maximum atomic E-state index is 12.3. The number of aliphatic carboxylic acids is 2. The maximum Gasteiger partial charge on any atom is 0.490 e. The summed E-state index contributed by atoms with van der Waals surface area (Å²) in [5.74, 6) is -7.42. The number of halogens is 3. The lowest BCUT2D eigenvalue weighted by atomic mass is 10.1. The van der Waals surface area contributed by atoms with Gasteiger partial charge in [0, 0.05) is 16.4 Å². The van der Waals surface area contributed by atoms with E-state index in [1.165, 1.54) is 37.3 Å². The molecule has 7 N–H and O–H groups in total. The highest BCUT2D eigenvalue weighted by Gasteiger charge is 2.38. The van der Waals surface area contributed by atoms with E-state index >= 15 is 0 Å². The Morgan fingerprint density at radius 2 is 1.64 bits per heavy atom. The van der Waals surface area contributed by atoms with Gasteiger partial charge in [-0.25, -0.2) is 14.4 Å². The molecule has 0 aliphatic carbocycles. The Bertz CT molecular complexity index is 1330. The van der Waals surface area contributed by atoms with Crippen molar-refractivity contribution in [3.63, 3.8) is 0 Å². The number of esters is 1. The fourth-order valence-electron chi connectivity index (χ4n) is 2.55. The standard InChI is InChI=1S/C19H21N3O8S2.C2HF3O2/c1-10(17(23)22-14(18(24)25)9-32(27,28)29)8-13-6-7-15(31-13)19(26)30-12-4-2-11(3-5-12)16(20)21;3-2(4,5)1(6)7/h2-7,10,14H,8-9H2,1H3,(H3,20,21)(H,22,23)(H,24,25)(H,27,28,29);(H,6,7). The van der Waals surface area contributed by atoms with Crippen LogP contribution in [0.4, 0.5) is 13.2 Å². The van der Waals surface area contributed by atoms with E-state index in [1.807, 2.05) is 0 Å². The number of thiophene rings is 1. The molecule has 0 radical (unpaired) electrons. The van der Waals surface area contributed by atoms with Crippen molar-refractivity contribution in [1.29, 1.82) is 5.41 Å². The van der Waals surface area contributed by atoms with Gasteiger partial charge in [-0.1, -0.05) is 6.92 Å². The van der Waals surface area contributed by atoms with Crippen LogP contribution in [0.5, 0.6) is 5.75 Å². The summed E-state index contributed by atoms with van der Waals surface area (Å²) in [6.07, 6.45) is -4.92. The van der Waals surface area contributed by atoms with Crippen LogP contribution in [-0.2, 0) is 30.9 Å². The number of hydrogen-bond donors (Lipinski definition) is 6. The summed E-state index contributed by atoms with van der Waals surface area (Å²) >= 11 is 1.09. The van der Waals surface area contributed by atoms with E-state index < -0.39 is 57.8 Å². The van der Waals surface area contributed by atoms with Gasteiger partial charge in [0.1, 0.15) is 28.3 Å². The summed E-state index contributed by atoms with van der Waals surface area (Å²) in [5.41, 5.74) is 5.85. The molecule has 0 aliphatic rings. The zero-order valence-electron chi connectivity index (χ0n) is 19.8. The van der Waals surface area contributed by atoms with Crippen LogP contribution in [0.25, 0.3) is 0 Å². The first-order valence-electron chi connectivity index (χ1n) is 10.3. The number of nitrogens with two attached hydrogens (primary N) is 1. The number of ether oxygens (including phenoxy) is 1. The Morgan fingerprint density at radius 3 is 2.08 bits per heavy atom. The van der Waals surface area contributed by atoms with Crippen LogP contribution >= 0.6 is 11.3 Å². The molecular formula is C21H22F3N3O10S2. The zero-order valence-corrected chi connectivity index (χ0v) is 21.4. The fraction of sp³-hybridized carbons (Fsp3) is 0.286. The summed E-state index contributed by atoms with van der Waals surface area (Å²) in [6, 6.07) is 7.44. The number of rotatable bonds is 10. The molecule has 0 bridgehead atoms. The van der Waals surface area contributed by atoms with Gasteiger partial charge in [0.25, 0.3) is 10.1 Å². The molecule has 0 spiro atoms. The Balaban J connectivity index is 0.000000956. The molecule has 1 aromatic carbocycles. The monoisotopic (exact) mass is 597 g/mol. The molecule has 2 aromatic rings. The van der Waals surface area contributed by atoms with Crippen molar-refractivity contribution in [2.75, 3.05) is 5.75 Å². The average molecular weight is 598 g/mol. The van der Waals surface area contributed by atoms with Gasteiger partial charge in [-0.05, 0) is 42.8 Å². The summed E-state index contributed by atoms with van der Waals surface area (Å²) in [7, 11) is -4.60. The van der Waals surface area contributed by atoms with Crippen LogP contribution in [0.3, 0.4) is 0 Å². The van der Waals surface area contributed by atoms with Gasteiger partial charge in [-0.2, -0.15) is 21.6 Å². The quantitative estimate of drug-likeness (QED) is 0.0755. The average Bonchev–Trinajstić information content (AvgIpc) is 3.26. The molecule has 1 amide bonds. The van der Waals surface area contributed by atoms with Crippen molar-refractivity contribution in [1.82, 2.24) is 5.32 Å². The topological polar surface area (TPSA) is 234 Å². The van der Waals surface area contributed by atoms with E-state index in [0.29, 0.717) is 10.4 Å². The minimum Gasteiger partial charge on any atom is -0.480 e. The molecule has 13 nitrogen and oxygen atoms in total. The number of amides is 1. The normalized spacial score (nSPS) is 12.7. The lowest BCUT2D eigenvalue weighted by Gasteiger charge is -2.16. The zero-order chi connectivity index (χ0) is 30.1. The van der Waals surface area contributed by atoms with Gasteiger partial charge in [0.15, 0.2) is 0 Å². The Kier molecular flexibility index (Phi) is 11.6. The van der Waals surface area contributed by atoms with Crippen molar-refractivity contribution in [2.24, 2.45) is 11.7 Å². The Labute approximate surface area is 222 Å². The third-order valence-electron chi connectivity index (χ3n) is 4.43. The summed E-state index contributed by atoms with van der Waals surface area (Å²) in [5, 5.41) is 25.6. The lowest BCUT2D eigenvalue weighted by molar-refractivity contribution is -0.192. The maximum absolute atomic E-state index is 12.3. The number of carbonyl (C=O) groups is 4. The predicted octanol–water partition coefficient (Wildman–Crippen LogP) is 1.52. The number of carbonyl (C=O) groups excluding carboxylic acids is 2. The predicted molar refractivity (Wildman–Crippen MR) is 129 cm³/mol. The molecule has 0 aliphatic heterocycles. The summed E-state index contributed by atoms with van der Waals surface area (Å²) in [6.45, 7) is 1.51. The first-order chi connectivity index (χ1) is 17.8. The third kappa shape index (κ3) is 11.9. The number of nitrogens with one attached hydrogen (secondary N) is 2. The number of amidine groups is 1. The molecule has 2 rings (SSSR count). The molecule has 214 valence electrons. The van der Waals surface area contributed by atoms with Crippen molar-refractivity contribution in [3.05, 3.63) is 51.7 Å². The number of nitrogen functional groups attached to an aromatic ring is 1. The van der Waals surface area contributed by atoms with Crippen molar-refractivity contribution < 1.29 is 60.3 Å². The molecule has 2 unspecified atom stereocenters. The van der Waals surface area contributed by atoms with Gasteiger partial charge in [0.05, 0.1) is 0 Å². The second-order valence-electron chi connectivity index (χ2n) is 7.65. The van der Waals surface area contributed by atoms with Crippen LogP contribution in [-0.4, -0.2) is 70.8 Å². The molecule has 0 fully saturated rings. The lowest BCUT2D eigenvalue weighted by Crippen LogP contribution is -2.47. The van der Waals surface area contributed by atoms with E-state index in [2.05, 4.69) is 5.32 Å². The van der Waals surface area contributed by atoms with Crippen LogP contribution < -0.4 is 15.8 Å². The van der Waals surface area contributed by atoms with Gasteiger partial charge in [-0.3, -0.25) is 14.8 Å². The first kappa shape index (κ1) is 33.0. The van der Waals surface area contributed by atoms with Crippen molar-refractivity contribution in [3.8, 4) is 5.75 Å². The minimum atomic E-state index is -5.08. The van der Waals surface area contributed by atoms with Crippen LogP contribution in [0.15, 0.2) is 36.4 Å². The molecule has 0 saturated carbocycles. The van der Waals surface area contributed by atoms with E-state index in [9.17, 15) is 36.0 Å². The second-order valence-corrected chi connectivity index (χ2v) is 10.3. The largest absolute Gasteiger partial charge is 0.490 e. The highest BCUT2D eigenvalue weighted by atomic mass is 32.2. The van der Waals surface area contributed by atoms with E-state index in [1.54, 1.807) is 6.07 Å². The number of carboxylic acid groups (broad SMARTS) is 2. The molecule has 2 atom stereocenters. The summed E-state index contributed by atoms with van der Waals surface area (Å²) in [4.78, 5) is 45.5. The molecule has 39 heavy (non-hydrogen) atoms. The van der Waals surface area contributed by atoms with Gasteiger partial charge < -0.3 is 26.0 Å². The van der Waals surface area contributed by atoms with E-state index in [0.717, 1.165) is 11.3 Å². The fourth-order valence-corrected chi connectivity index (χ4v) is 4.21. The molecule has 1 heterocycles. The number of benzene rings is 1. The van der Waals surface area contributed by atoms with Gasteiger partial charge in [0.2, 0.25) is 5.91 Å². The van der Waals surface area contributed by atoms with E-state index in [4.69, 9.17) is 35.4 Å². The second kappa shape index (κ2) is 13.7. The summed E-state index contributed by atoms with van der Waals surface area (Å²) < 4.78 is 67.7. The van der Waals surface area contributed by atoms with Crippen LogP contribution in [0.1, 0.15) is 27.0 Å². The Morgan fingerprint density at radius 1 is 1.10 bits per heavy atom. The molecule has 0 saturated heterocycles. The van der Waals surface area contributed by atoms with E-state index in [-0.39, 0.29) is 22.9 Å². The highest BCUT2D eigenvalue weighted by Crippen LogP contribution is 2.22. The van der Waals surface area contributed by atoms with Crippen LogP contribution in [0, 0.1) is 11.3 Å². The molecule has 1 aromatic heterocycles. The molecule has 18 heteroatoms.